The van der Waals surface area contributed by atoms with Gasteiger partial charge in [0.15, 0.2) is 0 Å². The van der Waals surface area contributed by atoms with E-state index in [9.17, 15) is 0 Å². The quantitative estimate of drug-likeness (QED) is 0.548. The van der Waals surface area contributed by atoms with Crippen LogP contribution < -0.4 is 5.32 Å². The van der Waals surface area contributed by atoms with Crippen LogP contribution in [0.2, 0.25) is 0 Å². The smallest absolute Gasteiger partial charge is 0.0664 e. The summed E-state index contributed by atoms with van der Waals surface area (Å²) in [4.78, 5) is 0. The predicted molar refractivity (Wildman–Crippen MR) is 36.4 cm³/mol. The van der Waals surface area contributed by atoms with E-state index in [0.717, 1.165) is 0 Å². The number of likely N-dealkylation sites (N-methyl/N-ethyl adjacent to an activating group) is 1. The SMILES string of the molecule is CNC(C)(CO)COC. The van der Waals surface area contributed by atoms with Gasteiger partial charge in [0.05, 0.1) is 18.8 Å². The van der Waals surface area contributed by atoms with Crippen molar-refractivity contribution in [1.29, 1.82) is 0 Å². The van der Waals surface area contributed by atoms with Gasteiger partial charge in [0.2, 0.25) is 0 Å². The Morgan fingerprint density at radius 1 is 1.67 bits per heavy atom. The van der Waals surface area contributed by atoms with E-state index < -0.39 is 0 Å². The second kappa shape index (κ2) is 3.82. The van der Waals surface area contributed by atoms with E-state index in [2.05, 4.69) is 5.32 Å². The van der Waals surface area contributed by atoms with Crippen molar-refractivity contribution in [1.82, 2.24) is 5.32 Å². The van der Waals surface area contributed by atoms with Gasteiger partial charge in [-0.1, -0.05) is 0 Å². The Labute approximate surface area is 56.0 Å². The topological polar surface area (TPSA) is 41.5 Å². The lowest BCUT2D eigenvalue weighted by Crippen LogP contribution is -2.47. The molecule has 0 bridgehead atoms. The van der Waals surface area contributed by atoms with Crippen LogP contribution in [-0.4, -0.2) is 38.0 Å². The van der Waals surface area contributed by atoms with Crippen molar-refractivity contribution in [2.45, 2.75) is 12.5 Å². The molecule has 0 heterocycles. The molecule has 0 saturated heterocycles. The molecule has 3 heteroatoms. The highest BCUT2D eigenvalue weighted by Crippen LogP contribution is 1.99. The molecular formula is C6H15NO2. The second-order valence-electron chi connectivity index (χ2n) is 2.40. The molecule has 0 amide bonds. The first-order valence-corrected chi connectivity index (χ1v) is 2.97. The molecule has 56 valence electrons. The molecule has 2 N–H and O–H groups in total. The minimum atomic E-state index is -0.283. The lowest BCUT2D eigenvalue weighted by Gasteiger charge is -2.25. The van der Waals surface area contributed by atoms with Crippen LogP contribution in [-0.2, 0) is 4.74 Å². The standard InChI is InChI=1S/C6H15NO2/c1-6(4-8,7-2)5-9-3/h7-8H,4-5H2,1-3H3. The molecular weight excluding hydrogens is 118 g/mol. The molecule has 0 radical (unpaired) electrons. The lowest BCUT2D eigenvalue weighted by molar-refractivity contribution is 0.0784. The van der Waals surface area contributed by atoms with Crippen LogP contribution in [0.3, 0.4) is 0 Å². The first-order chi connectivity index (χ1) is 4.18. The Bertz CT molecular complexity index is 71.5. The Hall–Kier alpha value is -0.120. The predicted octanol–water partition coefficient (Wildman–Crippen LogP) is -0.397. The van der Waals surface area contributed by atoms with E-state index in [1.807, 2.05) is 6.92 Å². The summed E-state index contributed by atoms with van der Waals surface area (Å²) in [6.45, 7) is 2.52. The van der Waals surface area contributed by atoms with Crippen molar-refractivity contribution in [2.75, 3.05) is 27.4 Å². The van der Waals surface area contributed by atoms with Gasteiger partial charge in [-0.3, -0.25) is 0 Å². The molecule has 3 nitrogen and oxygen atoms in total. The Morgan fingerprint density at radius 3 is 2.33 bits per heavy atom. The lowest BCUT2D eigenvalue weighted by atomic mass is 10.1. The first kappa shape index (κ1) is 8.88. The molecule has 0 spiro atoms. The molecule has 0 fully saturated rings. The molecule has 1 unspecified atom stereocenters. The van der Waals surface area contributed by atoms with E-state index in [4.69, 9.17) is 9.84 Å². The zero-order valence-corrected chi connectivity index (χ0v) is 6.27. The van der Waals surface area contributed by atoms with Crippen LogP contribution in [0, 0.1) is 0 Å². The first-order valence-electron chi connectivity index (χ1n) is 2.97. The normalized spacial score (nSPS) is 17.3. The van der Waals surface area contributed by atoms with Crippen LogP contribution in [0.1, 0.15) is 6.92 Å². The zero-order chi connectivity index (χ0) is 7.33. The van der Waals surface area contributed by atoms with Gasteiger partial charge in [0, 0.05) is 7.11 Å². The van der Waals surface area contributed by atoms with Gasteiger partial charge in [-0.25, -0.2) is 0 Å². The van der Waals surface area contributed by atoms with Crippen molar-refractivity contribution in [3.8, 4) is 0 Å². The number of aliphatic hydroxyl groups excluding tert-OH is 1. The number of ether oxygens (including phenoxy) is 1. The van der Waals surface area contributed by atoms with Gasteiger partial charge in [-0.2, -0.15) is 0 Å². The maximum Gasteiger partial charge on any atom is 0.0664 e. The maximum atomic E-state index is 8.77. The highest BCUT2D eigenvalue weighted by molar-refractivity contribution is 4.79. The summed E-state index contributed by atoms with van der Waals surface area (Å²) in [6, 6.07) is 0. The van der Waals surface area contributed by atoms with E-state index in [-0.39, 0.29) is 12.1 Å². The summed E-state index contributed by atoms with van der Waals surface area (Å²) in [7, 11) is 3.42. The van der Waals surface area contributed by atoms with E-state index in [0.29, 0.717) is 6.61 Å². The third-order valence-electron chi connectivity index (χ3n) is 1.42. The number of rotatable bonds is 4. The Kier molecular flexibility index (Phi) is 3.77. The zero-order valence-electron chi connectivity index (χ0n) is 6.27. The van der Waals surface area contributed by atoms with Crippen LogP contribution in [0.25, 0.3) is 0 Å². The number of methoxy groups -OCH3 is 1. The molecule has 0 aliphatic rings. The summed E-state index contributed by atoms with van der Waals surface area (Å²) >= 11 is 0. The number of hydrogen-bond donors (Lipinski definition) is 2. The molecule has 0 aliphatic heterocycles. The molecule has 0 aromatic heterocycles. The second-order valence-corrected chi connectivity index (χ2v) is 2.40. The largest absolute Gasteiger partial charge is 0.394 e. The van der Waals surface area contributed by atoms with Crippen molar-refractivity contribution in [2.24, 2.45) is 0 Å². The molecule has 0 saturated carbocycles. The van der Waals surface area contributed by atoms with Gasteiger partial charge < -0.3 is 15.2 Å². The van der Waals surface area contributed by atoms with E-state index in [1.165, 1.54) is 0 Å². The van der Waals surface area contributed by atoms with Crippen LogP contribution in [0.15, 0.2) is 0 Å². The number of nitrogens with one attached hydrogen (secondary N) is 1. The third kappa shape index (κ3) is 2.79. The minimum Gasteiger partial charge on any atom is -0.394 e. The van der Waals surface area contributed by atoms with Gasteiger partial charge in [-0.05, 0) is 14.0 Å². The molecule has 9 heavy (non-hydrogen) atoms. The maximum absolute atomic E-state index is 8.77. The molecule has 0 aromatic rings. The molecule has 0 aromatic carbocycles. The highest BCUT2D eigenvalue weighted by Gasteiger charge is 2.19. The molecule has 1 atom stereocenters. The minimum absolute atomic E-state index is 0.0946. The van der Waals surface area contributed by atoms with Crippen molar-refractivity contribution < 1.29 is 9.84 Å². The van der Waals surface area contributed by atoms with Crippen molar-refractivity contribution >= 4 is 0 Å². The van der Waals surface area contributed by atoms with Gasteiger partial charge in [-0.15, -0.1) is 0 Å². The summed E-state index contributed by atoms with van der Waals surface area (Å²) in [5, 5.41) is 11.7. The van der Waals surface area contributed by atoms with Gasteiger partial charge in [0.25, 0.3) is 0 Å². The van der Waals surface area contributed by atoms with Crippen molar-refractivity contribution in [3.05, 3.63) is 0 Å². The average molecular weight is 133 g/mol. The fourth-order valence-corrected chi connectivity index (χ4v) is 0.515. The number of hydrogen-bond acceptors (Lipinski definition) is 3. The average Bonchev–Trinajstić information content (AvgIpc) is 1.89. The van der Waals surface area contributed by atoms with Crippen LogP contribution in [0.4, 0.5) is 0 Å². The van der Waals surface area contributed by atoms with Crippen LogP contribution >= 0.6 is 0 Å². The highest BCUT2D eigenvalue weighted by atomic mass is 16.5. The summed E-state index contributed by atoms with van der Waals surface area (Å²) < 4.78 is 4.87. The fourth-order valence-electron chi connectivity index (χ4n) is 0.515. The van der Waals surface area contributed by atoms with E-state index in [1.54, 1.807) is 14.2 Å². The monoisotopic (exact) mass is 133 g/mol. The molecule has 0 aliphatic carbocycles. The Morgan fingerprint density at radius 2 is 2.22 bits per heavy atom. The van der Waals surface area contributed by atoms with Gasteiger partial charge >= 0.3 is 0 Å². The Balaban J connectivity index is 3.62. The summed E-state index contributed by atoms with van der Waals surface area (Å²) in [6.07, 6.45) is 0. The fraction of sp³-hybridized carbons (Fsp3) is 1.00. The van der Waals surface area contributed by atoms with Crippen molar-refractivity contribution in [3.63, 3.8) is 0 Å². The molecule has 0 rings (SSSR count). The number of aliphatic hydroxyl groups is 1. The van der Waals surface area contributed by atoms with E-state index >= 15 is 0 Å². The summed E-state index contributed by atoms with van der Waals surface area (Å²) in [5.74, 6) is 0. The van der Waals surface area contributed by atoms with Crippen LogP contribution in [0.5, 0.6) is 0 Å². The third-order valence-corrected chi connectivity index (χ3v) is 1.42. The van der Waals surface area contributed by atoms with Gasteiger partial charge in [0.1, 0.15) is 0 Å². The summed E-state index contributed by atoms with van der Waals surface area (Å²) in [5.41, 5.74) is -0.283.